The molecule has 2 aromatic heterocycles. The summed E-state index contributed by atoms with van der Waals surface area (Å²) in [6, 6.07) is 0.299. The Bertz CT molecular complexity index is 583. The van der Waals surface area contributed by atoms with Gasteiger partial charge in [0.05, 0.1) is 18.4 Å². The molecular weight excluding hydrogens is 246 g/mol. The molecule has 0 aliphatic carbocycles. The van der Waals surface area contributed by atoms with Crippen LogP contribution in [0.15, 0.2) is 12.4 Å². The predicted molar refractivity (Wildman–Crippen MR) is 65.7 cm³/mol. The van der Waals surface area contributed by atoms with Crippen molar-refractivity contribution in [1.29, 1.82) is 0 Å². The maximum Gasteiger partial charge on any atom is 0.234 e. The van der Waals surface area contributed by atoms with Crippen LogP contribution in [0.3, 0.4) is 0 Å². The predicted octanol–water partition coefficient (Wildman–Crippen LogP) is -0.345. The second-order valence-corrected chi connectivity index (χ2v) is 4.57. The molecule has 1 aliphatic rings. The molecule has 2 aromatic rings. The minimum atomic E-state index is -0.183. The second kappa shape index (κ2) is 4.88. The van der Waals surface area contributed by atoms with Gasteiger partial charge in [0, 0.05) is 19.6 Å². The van der Waals surface area contributed by atoms with Crippen LogP contribution in [0, 0.1) is 0 Å². The fourth-order valence-corrected chi connectivity index (χ4v) is 1.96. The van der Waals surface area contributed by atoms with Gasteiger partial charge >= 0.3 is 0 Å². The van der Waals surface area contributed by atoms with E-state index < -0.39 is 0 Å². The maximum atomic E-state index is 12.3. The molecule has 8 nitrogen and oxygen atoms in total. The fraction of sp³-hybridized carbons (Fsp3) is 0.545. The highest BCUT2D eigenvalue weighted by atomic mass is 16.1. The number of nitrogens with one attached hydrogen (secondary N) is 1. The zero-order valence-corrected chi connectivity index (χ0v) is 10.7. The molecular formula is C11H15N7O. The van der Waals surface area contributed by atoms with E-state index in [1.165, 1.54) is 6.20 Å². The number of carbonyl (C=O) groups excluding carboxylic acids is 1. The molecule has 0 amide bonds. The largest absolute Gasteiger partial charge is 0.312 e. The van der Waals surface area contributed by atoms with E-state index in [-0.39, 0.29) is 5.78 Å². The molecule has 0 radical (unpaired) electrons. The lowest BCUT2D eigenvalue weighted by atomic mass is 10.2. The zero-order chi connectivity index (χ0) is 13.2. The van der Waals surface area contributed by atoms with Gasteiger partial charge in [-0.3, -0.25) is 4.79 Å². The molecule has 19 heavy (non-hydrogen) atoms. The molecule has 1 saturated heterocycles. The first-order valence-electron chi connectivity index (χ1n) is 6.35. The SMILES string of the molecule is CCCn1nncc1C(=O)c1cn(C2CNC2)nn1. The van der Waals surface area contributed by atoms with Crippen molar-refractivity contribution >= 4 is 5.78 Å². The highest BCUT2D eigenvalue weighted by Gasteiger charge is 2.23. The monoisotopic (exact) mass is 261 g/mol. The van der Waals surface area contributed by atoms with Gasteiger partial charge in [-0.15, -0.1) is 10.2 Å². The summed E-state index contributed by atoms with van der Waals surface area (Å²) in [6.45, 7) is 4.43. The van der Waals surface area contributed by atoms with Crippen LogP contribution in [-0.2, 0) is 6.54 Å². The number of hydrogen-bond donors (Lipinski definition) is 1. The zero-order valence-electron chi connectivity index (χ0n) is 10.7. The van der Waals surface area contributed by atoms with Gasteiger partial charge in [-0.1, -0.05) is 17.4 Å². The van der Waals surface area contributed by atoms with Crippen LogP contribution in [0.2, 0.25) is 0 Å². The van der Waals surface area contributed by atoms with Gasteiger partial charge in [-0.05, 0) is 6.42 Å². The van der Waals surface area contributed by atoms with Crippen LogP contribution in [0.4, 0.5) is 0 Å². The van der Waals surface area contributed by atoms with Crippen molar-refractivity contribution in [1.82, 2.24) is 35.3 Å². The van der Waals surface area contributed by atoms with Crippen molar-refractivity contribution in [3.63, 3.8) is 0 Å². The average molecular weight is 261 g/mol. The third-order valence-electron chi connectivity index (χ3n) is 3.16. The topological polar surface area (TPSA) is 90.5 Å². The Balaban J connectivity index is 1.82. The van der Waals surface area contributed by atoms with Crippen LogP contribution in [-0.4, -0.2) is 48.9 Å². The van der Waals surface area contributed by atoms with E-state index in [0.29, 0.717) is 24.0 Å². The van der Waals surface area contributed by atoms with Crippen molar-refractivity contribution in [3.05, 3.63) is 23.8 Å². The molecule has 8 heteroatoms. The number of ketones is 1. The molecule has 0 atom stereocenters. The maximum absolute atomic E-state index is 12.3. The van der Waals surface area contributed by atoms with E-state index in [0.717, 1.165) is 19.5 Å². The Labute approximate surface area is 109 Å². The molecule has 3 rings (SSSR count). The average Bonchev–Trinajstić information content (AvgIpc) is 2.96. The van der Waals surface area contributed by atoms with Gasteiger partial charge in [-0.25, -0.2) is 9.36 Å². The van der Waals surface area contributed by atoms with Crippen molar-refractivity contribution in [2.24, 2.45) is 0 Å². The van der Waals surface area contributed by atoms with E-state index in [9.17, 15) is 4.79 Å². The third-order valence-corrected chi connectivity index (χ3v) is 3.16. The molecule has 1 fully saturated rings. The quantitative estimate of drug-likeness (QED) is 0.740. The van der Waals surface area contributed by atoms with Crippen LogP contribution in [0.5, 0.6) is 0 Å². The molecule has 0 aromatic carbocycles. The normalized spacial score (nSPS) is 15.4. The van der Waals surface area contributed by atoms with E-state index in [4.69, 9.17) is 0 Å². The summed E-state index contributed by atoms with van der Waals surface area (Å²) in [7, 11) is 0. The smallest absolute Gasteiger partial charge is 0.234 e. The first-order chi connectivity index (χ1) is 9.29. The standard InChI is InChI=1S/C11H15N7O/c1-2-3-17-10(6-13-15-17)11(19)9-7-18(16-14-9)8-4-12-5-8/h6-8,12H,2-5H2,1H3. The van der Waals surface area contributed by atoms with Crippen molar-refractivity contribution in [3.8, 4) is 0 Å². The molecule has 1 aliphatic heterocycles. The minimum Gasteiger partial charge on any atom is -0.312 e. The van der Waals surface area contributed by atoms with E-state index in [2.05, 4.69) is 25.9 Å². The molecule has 0 spiro atoms. The lowest BCUT2D eigenvalue weighted by molar-refractivity contribution is 0.102. The molecule has 0 saturated carbocycles. The Hall–Kier alpha value is -2.09. The van der Waals surface area contributed by atoms with Gasteiger partial charge in [0.25, 0.3) is 0 Å². The summed E-state index contributed by atoms with van der Waals surface area (Å²) in [5.74, 6) is -0.183. The highest BCUT2D eigenvalue weighted by molar-refractivity contribution is 6.06. The van der Waals surface area contributed by atoms with Crippen LogP contribution < -0.4 is 5.32 Å². The number of hydrogen-bond acceptors (Lipinski definition) is 6. The summed E-state index contributed by atoms with van der Waals surface area (Å²) in [5, 5.41) is 18.8. The lowest BCUT2D eigenvalue weighted by Crippen LogP contribution is -2.43. The summed E-state index contributed by atoms with van der Waals surface area (Å²) in [6.07, 6.45) is 4.06. The summed E-state index contributed by atoms with van der Waals surface area (Å²) >= 11 is 0. The molecule has 1 N–H and O–H groups in total. The van der Waals surface area contributed by atoms with Gasteiger partial charge in [-0.2, -0.15) is 0 Å². The van der Waals surface area contributed by atoms with Gasteiger partial charge in [0.15, 0.2) is 5.69 Å². The Kier molecular flexibility index (Phi) is 3.08. The Morgan fingerprint density at radius 1 is 1.47 bits per heavy atom. The van der Waals surface area contributed by atoms with Gasteiger partial charge < -0.3 is 5.32 Å². The number of carbonyl (C=O) groups is 1. The van der Waals surface area contributed by atoms with Crippen LogP contribution in [0.25, 0.3) is 0 Å². The van der Waals surface area contributed by atoms with Crippen molar-refractivity contribution in [2.75, 3.05) is 13.1 Å². The first-order valence-corrected chi connectivity index (χ1v) is 6.35. The van der Waals surface area contributed by atoms with Crippen molar-refractivity contribution < 1.29 is 4.79 Å². The van der Waals surface area contributed by atoms with Crippen LogP contribution in [0.1, 0.15) is 35.6 Å². The Morgan fingerprint density at radius 3 is 3.00 bits per heavy atom. The molecule has 0 unspecified atom stereocenters. The molecule has 0 bridgehead atoms. The van der Waals surface area contributed by atoms with E-state index >= 15 is 0 Å². The molecule has 3 heterocycles. The van der Waals surface area contributed by atoms with E-state index in [1.807, 2.05) is 6.92 Å². The summed E-state index contributed by atoms with van der Waals surface area (Å²) in [5.41, 5.74) is 0.798. The highest BCUT2D eigenvalue weighted by Crippen LogP contribution is 2.12. The molecule has 100 valence electrons. The van der Waals surface area contributed by atoms with Gasteiger partial charge in [0.1, 0.15) is 5.69 Å². The van der Waals surface area contributed by atoms with Crippen LogP contribution >= 0.6 is 0 Å². The Morgan fingerprint density at radius 2 is 2.32 bits per heavy atom. The third kappa shape index (κ3) is 2.14. The number of aromatic nitrogens is 6. The second-order valence-electron chi connectivity index (χ2n) is 4.57. The van der Waals surface area contributed by atoms with Gasteiger partial charge in [0.2, 0.25) is 5.78 Å². The fourth-order valence-electron chi connectivity index (χ4n) is 1.96. The lowest BCUT2D eigenvalue weighted by Gasteiger charge is -2.26. The first kappa shape index (κ1) is 12.0. The summed E-state index contributed by atoms with van der Waals surface area (Å²) in [4.78, 5) is 12.3. The number of rotatable bonds is 5. The number of aryl methyl sites for hydroxylation is 1. The number of nitrogens with zero attached hydrogens (tertiary/aromatic N) is 6. The van der Waals surface area contributed by atoms with Crippen molar-refractivity contribution in [2.45, 2.75) is 25.9 Å². The summed E-state index contributed by atoms with van der Waals surface area (Å²) < 4.78 is 3.34. The van der Waals surface area contributed by atoms with E-state index in [1.54, 1.807) is 15.6 Å². The minimum absolute atomic E-state index is 0.183.